The number of hydrogen-bond donors (Lipinski definition) is 2. The van der Waals surface area contributed by atoms with Crippen molar-refractivity contribution in [3.05, 3.63) is 36.0 Å². The van der Waals surface area contributed by atoms with Crippen LogP contribution in [0.2, 0.25) is 0 Å². The highest BCUT2D eigenvalue weighted by Gasteiger charge is 2.24. The molecule has 3 N–H and O–H groups in total. The summed E-state index contributed by atoms with van der Waals surface area (Å²) >= 11 is 0. The molecule has 1 saturated heterocycles. The number of imide groups is 1. The molecule has 0 aliphatic carbocycles. The van der Waals surface area contributed by atoms with E-state index in [1.165, 1.54) is 13.1 Å². The maximum atomic E-state index is 12.6. The minimum Gasteiger partial charge on any atom is -0.399 e. The van der Waals surface area contributed by atoms with Gasteiger partial charge >= 0.3 is 0 Å². The smallest absolute Gasteiger partial charge is 0.277 e. The van der Waals surface area contributed by atoms with Crippen LogP contribution in [0.1, 0.15) is 6.92 Å². The number of nitrogens with one attached hydrogen (secondary N) is 1. The molecule has 0 saturated carbocycles. The molecule has 1 aliphatic rings. The molecule has 1 heterocycles. The first-order valence-corrected chi connectivity index (χ1v) is 7.30. The molecule has 0 radical (unpaired) electrons. The van der Waals surface area contributed by atoms with E-state index < -0.39 is 11.8 Å². The number of amides is 2. The Morgan fingerprint density at radius 2 is 1.91 bits per heavy atom. The second kappa shape index (κ2) is 7.42. The fourth-order valence-electron chi connectivity index (χ4n) is 2.31. The molecule has 1 aromatic rings. The number of hydrogen-bond acceptors (Lipinski definition) is 6. The van der Waals surface area contributed by atoms with Gasteiger partial charge in [0.25, 0.3) is 5.91 Å². The van der Waals surface area contributed by atoms with Crippen LogP contribution in [0.5, 0.6) is 0 Å². The van der Waals surface area contributed by atoms with Crippen LogP contribution in [-0.2, 0) is 9.59 Å². The van der Waals surface area contributed by atoms with E-state index in [4.69, 9.17) is 5.73 Å². The Labute approximate surface area is 135 Å². The van der Waals surface area contributed by atoms with E-state index in [1.807, 2.05) is 11.0 Å². The molecule has 2 amide bonds. The monoisotopic (exact) mass is 313 g/mol. The summed E-state index contributed by atoms with van der Waals surface area (Å²) in [5.41, 5.74) is 6.47. The third-order valence-corrected chi connectivity index (χ3v) is 3.48. The molecule has 0 atom stereocenters. The number of nitrogen functional groups attached to an aromatic ring is 1. The summed E-state index contributed by atoms with van der Waals surface area (Å²) < 4.78 is 0. The Hall–Kier alpha value is -2.85. The number of nitrogens with two attached hydrogens (primary N) is 1. The molecule has 0 spiro atoms. The van der Waals surface area contributed by atoms with E-state index in [1.54, 1.807) is 24.3 Å². The molecule has 1 aromatic carbocycles. The molecule has 2 rings (SSSR count). The lowest BCUT2D eigenvalue weighted by molar-refractivity contribution is -0.123. The molecule has 7 nitrogen and oxygen atoms in total. The predicted octanol–water partition coefficient (Wildman–Crippen LogP) is 0.461. The standard InChI is InChI=1S/C16H19N5O2/c1-12(22)21(15-4-2-14(18)3-5-15)16(23)13(10-17)11-20-8-6-19-7-9-20/h2-5,11,19H,6-9,18H2,1H3/b13-11-. The van der Waals surface area contributed by atoms with Crippen LogP contribution >= 0.6 is 0 Å². The maximum absolute atomic E-state index is 12.6. The van der Waals surface area contributed by atoms with Crippen molar-refractivity contribution in [3.8, 4) is 6.07 Å². The SMILES string of the molecule is CC(=O)N(C(=O)/C(C#N)=C\N1CCNCC1)c1ccc(N)cc1. The fourth-order valence-corrected chi connectivity index (χ4v) is 2.31. The van der Waals surface area contributed by atoms with Gasteiger partial charge in [-0.3, -0.25) is 9.59 Å². The minimum atomic E-state index is -0.636. The number of nitriles is 1. The largest absolute Gasteiger partial charge is 0.399 e. The van der Waals surface area contributed by atoms with Gasteiger partial charge in [-0.25, -0.2) is 4.90 Å². The summed E-state index contributed by atoms with van der Waals surface area (Å²) in [7, 11) is 0. The first kappa shape index (κ1) is 16.5. The zero-order chi connectivity index (χ0) is 16.8. The van der Waals surface area contributed by atoms with Gasteiger partial charge in [-0.1, -0.05) is 0 Å². The molecule has 23 heavy (non-hydrogen) atoms. The molecule has 0 bridgehead atoms. The highest BCUT2D eigenvalue weighted by atomic mass is 16.2. The maximum Gasteiger partial charge on any atom is 0.277 e. The van der Waals surface area contributed by atoms with Crippen molar-refractivity contribution >= 4 is 23.2 Å². The van der Waals surface area contributed by atoms with Crippen LogP contribution in [0.3, 0.4) is 0 Å². The molecule has 0 unspecified atom stereocenters. The van der Waals surface area contributed by atoms with Gasteiger partial charge in [0.1, 0.15) is 11.6 Å². The normalized spacial score (nSPS) is 15.0. The van der Waals surface area contributed by atoms with Crippen LogP contribution in [0.4, 0.5) is 11.4 Å². The highest BCUT2D eigenvalue weighted by molar-refractivity contribution is 6.21. The Morgan fingerprint density at radius 1 is 1.30 bits per heavy atom. The third kappa shape index (κ3) is 4.08. The Balaban J connectivity index is 2.28. The zero-order valence-electron chi connectivity index (χ0n) is 13.0. The Kier molecular flexibility index (Phi) is 5.33. The van der Waals surface area contributed by atoms with Crippen LogP contribution in [0.15, 0.2) is 36.0 Å². The van der Waals surface area contributed by atoms with Gasteiger partial charge in [-0.15, -0.1) is 0 Å². The first-order valence-electron chi connectivity index (χ1n) is 7.30. The molecule has 1 fully saturated rings. The summed E-state index contributed by atoms with van der Waals surface area (Å²) in [6.45, 7) is 4.28. The predicted molar refractivity (Wildman–Crippen MR) is 87.2 cm³/mol. The van der Waals surface area contributed by atoms with Crippen molar-refractivity contribution in [2.75, 3.05) is 36.8 Å². The quantitative estimate of drug-likeness (QED) is 0.477. The molecule has 120 valence electrons. The van der Waals surface area contributed by atoms with E-state index >= 15 is 0 Å². The number of benzene rings is 1. The van der Waals surface area contributed by atoms with Gasteiger partial charge in [0, 0.05) is 45.0 Å². The summed E-state index contributed by atoms with van der Waals surface area (Å²) in [6, 6.07) is 8.26. The molecular weight excluding hydrogens is 294 g/mol. The van der Waals surface area contributed by atoms with Gasteiger partial charge in [0.15, 0.2) is 0 Å². The van der Waals surface area contributed by atoms with Crippen molar-refractivity contribution < 1.29 is 9.59 Å². The lowest BCUT2D eigenvalue weighted by atomic mass is 10.2. The van der Waals surface area contributed by atoms with E-state index in [0.29, 0.717) is 24.5 Å². The summed E-state index contributed by atoms with van der Waals surface area (Å²) in [5, 5.41) is 12.5. The Bertz CT molecular complexity index is 654. The number of piperazine rings is 1. The van der Waals surface area contributed by atoms with Crippen molar-refractivity contribution in [2.24, 2.45) is 0 Å². The van der Waals surface area contributed by atoms with Crippen LogP contribution in [0, 0.1) is 11.3 Å². The highest BCUT2D eigenvalue weighted by Crippen LogP contribution is 2.19. The van der Waals surface area contributed by atoms with Crippen molar-refractivity contribution in [1.29, 1.82) is 5.26 Å². The van der Waals surface area contributed by atoms with Gasteiger partial charge < -0.3 is 16.0 Å². The number of rotatable bonds is 3. The second-order valence-corrected chi connectivity index (χ2v) is 5.19. The van der Waals surface area contributed by atoms with E-state index in [0.717, 1.165) is 18.0 Å². The second-order valence-electron chi connectivity index (χ2n) is 5.19. The van der Waals surface area contributed by atoms with E-state index in [2.05, 4.69) is 5.32 Å². The Morgan fingerprint density at radius 3 is 2.43 bits per heavy atom. The van der Waals surface area contributed by atoms with Crippen molar-refractivity contribution in [2.45, 2.75) is 6.92 Å². The zero-order valence-corrected chi connectivity index (χ0v) is 13.0. The average molecular weight is 313 g/mol. The number of nitrogens with zero attached hydrogens (tertiary/aromatic N) is 3. The fraction of sp³-hybridized carbons (Fsp3) is 0.312. The average Bonchev–Trinajstić information content (AvgIpc) is 2.55. The lowest BCUT2D eigenvalue weighted by Crippen LogP contribution is -2.42. The number of anilines is 2. The number of carbonyl (C=O) groups excluding carboxylic acids is 2. The van der Waals surface area contributed by atoms with Gasteiger partial charge in [0.2, 0.25) is 5.91 Å². The molecular formula is C16H19N5O2. The summed E-state index contributed by atoms with van der Waals surface area (Å²) in [6.07, 6.45) is 1.52. The van der Waals surface area contributed by atoms with E-state index in [-0.39, 0.29) is 5.57 Å². The summed E-state index contributed by atoms with van der Waals surface area (Å²) in [5.74, 6) is -1.09. The van der Waals surface area contributed by atoms with Gasteiger partial charge in [0.05, 0.1) is 5.69 Å². The molecule has 1 aliphatic heterocycles. The van der Waals surface area contributed by atoms with Crippen LogP contribution in [-0.4, -0.2) is 42.9 Å². The van der Waals surface area contributed by atoms with Crippen molar-refractivity contribution in [1.82, 2.24) is 10.2 Å². The lowest BCUT2D eigenvalue weighted by Gasteiger charge is -2.26. The molecule has 7 heteroatoms. The van der Waals surface area contributed by atoms with Crippen molar-refractivity contribution in [3.63, 3.8) is 0 Å². The van der Waals surface area contributed by atoms with Crippen LogP contribution in [0.25, 0.3) is 0 Å². The number of carbonyl (C=O) groups is 2. The van der Waals surface area contributed by atoms with E-state index in [9.17, 15) is 14.9 Å². The minimum absolute atomic E-state index is 0.0704. The van der Waals surface area contributed by atoms with Gasteiger partial charge in [-0.05, 0) is 24.3 Å². The van der Waals surface area contributed by atoms with Crippen LogP contribution < -0.4 is 16.0 Å². The summed E-state index contributed by atoms with van der Waals surface area (Å²) in [4.78, 5) is 27.4. The topological polar surface area (TPSA) is 102 Å². The first-order chi connectivity index (χ1) is 11.0. The molecule has 0 aromatic heterocycles. The third-order valence-electron chi connectivity index (χ3n) is 3.48. The van der Waals surface area contributed by atoms with Gasteiger partial charge in [-0.2, -0.15) is 5.26 Å².